The van der Waals surface area contributed by atoms with Crippen molar-refractivity contribution in [2.75, 3.05) is 13.2 Å². The molecule has 0 aromatic carbocycles. The van der Waals surface area contributed by atoms with Crippen LogP contribution in [0.4, 0.5) is 8.78 Å². The summed E-state index contributed by atoms with van der Waals surface area (Å²) in [6, 6.07) is 0. The fraction of sp³-hybridized carbons (Fsp3) is 1.00. The minimum Gasteiger partial charge on any atom is -0.412 e. The fourth-order valence-electron chi connectivity index (χ4n) is 11.3. The van der Waals surface area contributed by atoms with Crippen LogP contribution in [0.15, 0.2) is 0 Å². The topological polar surface area (TPSA) is 144 Å². The molecule has 52 heavy (non-hydrogen) atoms. The number of rotatable bonds is 19. The van der Waals surface area contributed by atoms with Crippen LogP contribution >= 0.6 is 0 Å². The Hall–Kier alpha value is -0.380. The van der Waals surface area contributed by atoms with Crippen LogP contribution < -0.4 is 0 Å². The van der Waals surface area contributed by atoms with Crippen molar-refractivity contribution >= 4 is 0 Å². The first kappa shape index (κ1) is 51.6. The number of ether oxygens (including phenoxy) is 2. The molecule has 8 heteroatoms. The molecule has 4 rings (SSSR count). The van der Waals surface area contributed by atoms with E-state index in [0.717, 1.165) is 76.4 Å². The summed E-state index contributed by atoms with van der Waals surface area (Å²) >= 11 is 0. The second kappa shape index (κ2) is 27.3. The molecule has 0 radical (unpaired) electrons. The number of halogens is 2. The van der Waals surface area contributed by atoms with Gasteiger partial charge in [0.1, 0.15) is 12.3 Å². The second-order valence-electron chi connectivity index (χ2n) is 18.0. The summed E-state index contributed by atoms with van der Waals surface area (Å²) in [7, 11) is 0. The van der Waals surface area contributed by atoms with Gasteiger partial charge in [-0.25, -0.2) is 8.78 Å². The molecular formula is C44H88F2O6. The molecule has 14 atom stereocenters. The highest BCUT2D eigenvalue weighted by Crippen LogP contribution is 2.54. The van der Waals surface area contributed by atoms with E-state index in [1.165, 1.54) is 89.9 Å². The van der Waals surface area contributed by atoms with Gasteiger partial charge in [0.2, 0.25) is 0 Å². The summed E-state index contributed by atoms with van der Waals surface area (Å²) in [5.41, 5.74) is 0. The van der Waals surface area contributed by atoms with Gasteiger partial charge in [0.25, 0.3) is 0 Å². The van der Waals surface area contributed by atoms with Crippen molar-refractivity contribution in [3.05, 3.63) is 0 Å². The van der Waals surface area contributed by atoms with Crippen LogP contribution in [0.2, 0.25) is 0 Å². The smallest absolute Gasteiger partial charge is 0.106 e. The van der Waals surface area contributed by atoms with Crippen LogP contribution in [0.1, 0.15) is 183 Å². The third kappa shape index (κ3) is 15.3. The SMILES string of the molecule is CCCCCC1CC(OCCCC)CC(C2CC(C)C(F)C(C3CC(C4CC(CCCCC)CC(OCCCC)C4)CC(C)C3F)C2)C1.O.O.O.O. The minimum absolute atomic E-state index is 0. The van der Waals surface area contributed by atoms with E-state index < -0.39 is 12.3 Å². The zero-order valence-corrected chi connectivity index (χ0v) is 34.6. The van der Waals surface area contributed by atoms with Crippen LogP contribution in [0.3, 0.4) is 0 Å². The van der Waals surface area contributed by atoms with E-state index in [1.807, 2.05) is 0 Å². The van der Waals surface area contributed by atoms with Gasteiger partial charge in [0, 0.05) is 13.2 Å². The van der Waals surface area contributed by atoms with Gasteiger partial charge in [0.15, 0.2) is 0 Å². The van der Waals surface area contributed by atoms with Crippen molar-refractivity contribution < 1.29 is 40.2 Å². The zero-order chi connectivity index (χ0) is 34.5. The summed E-state index contributed by atoms with van der Waals surface area (Å²) in [5.74, 6) is 3.52. The van der Waals surface area contributed by atoms with Crippen LogP contribution in [-0.4, -0.2) is 59.7 Å². The average molecular weight is 751 g/mol. The van der Waals surface area contributed by atoms with Crippen LogP contribution in [0.25, 0.3) is 0 Å². The molecular weight excluding hydrogens is 662 g/mol. The van der Waals surface area contributed by atoms with E-state index in [2.05, 4.69) is 41.5 Å². The van der Waals surface area contributed by atoms with E-state index in [9.17, 15) is 0 Å². The number of hydrogen-bond acceptors (Lipinski definition) is 2. The van der Waals surface area contributed by atoms with Crippen LogP contribution in [0.5, 0.6) is 0 Å². The largest absolute Gasteiger partial charge is 0.412 e. The molecule has 0 aliphatic heterocycles. The first-order valence-electron chi connectivity index (χ1n) is 21.8. The van der Waals surface area contributed by atoms with Crippen LogP contribution in [-0.2, 0) is 9.47 Å². The highest BCUT2D eigenvalue weighted by Gasteiger charge is 2.50. The number of unbranched alkanes of at least 4 members (excludes halogenated alkanes) is 6. The van der Waals surface area contributed by atoms with Gasteiger partial charge >= 0.3 is 0 Å². The van der Waals surface area contributed by atoms with Crippen molar-refractivity contribution in [2.45, 2.75) is 207 Å². The third-order valence-electron chi connectivity index (χ3n) is 14.0. The Morgan fingerprint density at radius 1 is 0.423 bits per heavy atom. The van der Waals surface area contributed by atoms with Crippen molar-refractivity contribution in [3.8, 4) is 0 Å². The predicted octanol–water partition coefficient (Wildman–Crippen LogP) is 10.1. The Morgan fingerprint density at radius 3 is 1.12 bits per heavy atom. The molecule has 0 amide bonds. The quantitative estimate of drug-likeness (QED) is 0.121. The molecule has 6 nitrogen and oxygen atoms in total. The Bertz CT molecular complexity index is 763. The van der Waals surface area contributed by atoms with Gasteiger partial charge in [-0.15, -0.1) is 0 Å². The summed E-state index contributed by atoms with van der Waals surface area (Å²) in [5, 5.41) is 0. The molecule has 0 spiro atoms. The van der Waals surface area contributed by atoms with Crippen molar-refractivity contribution in [3.63, 3.8) is 0 Å². The normalized spacial score (nSPS) is 37.8. The molecule has 4 aliphatic carbocycles. The first-order valence-corrected chi connectivity index (χ1v) is 21.8. The Labute approximate surface area is 319 Å². The van der Waals surface area contributed by atoms with Gasteiger partial charge in [-0.2, -0.15) is 0 Å². The van der Waals surface area contributed by atoms with Crippen molar-refractivity contribution in [2.24, 2.45) is 59.2 Å². The van der Waals surface area contributed by atoms with Gasteiger partial charge in [-0.1, -0.05) is 106 Å². The molecule has 8 N–H and O–H groups in total. The van der Waals surface area contributed by atoms with E-state index in [-0.39, 0.29) is 45.6 Å². The summed E-state index contributed by atoms with van der Waals surface area (Å²) < 4.78 is 46.0. The number of alkyl halides is 2. The summed E-state index contributed by atoms with van der Waals surface area (Å²) in [6.07, 6.45) is 25.1. The first-order chi connectivity index (χ1) is 23.3. The van der Waals surface area contributed by atoms with Crippen LogP contribution in [0, 0.1) is 59.2 Å². The number of hydrogen-bond donors (Lipinski definition) is 0. The summed E-state index contributed by atoms with van der Waals surface area (Å²) in [6.45, 7) is 15.1. The Kier molecular flexibility index (Phi) is 27.1. The lowest BCUT2D eigenvalue weighted by atomic mass is 9.57. The molecule has 314 valence electrons. The van der Waals surface area contributed by atoms with Crippen molar-refractivity contribution in [1.82, 2.24) is 0 Å². The second-order valence-corrected chi connectivity index (χ2v) is 18.0. The molecule has 14 unspecified atom stereocenters. The molecule has 0 heterocycles. The average Bonchev–Trinajstić information content (AvgIpc) is 3.07. The van der Waals surface area contributed by atoms with E-state index in [0.29, 0.717) is 35.9 Å². The molecule has 4 saturated carbocycles. The molecule has 4 fully saturated rings. The van der Waals surface area contributed by atoms with E-state index >= 15 is 8.78 Å². The third-order valence-corrected chi connectivity index (χ3v) is 14.0. The van der Waals surface area contributed by atoms with Gasteiger partial charge < -0.3 is 31.4 Å². The van der Waals surface area contributed by atoms with E-state index in [4.69, 9.17) is 9.47 Å². The molecule has 0 aromatic heterocycles. The maximum Gasteiger partial charge on any atom is 0.106 e. The Balaban J connectivity index is 0.00000650. The highest BCUT2D eigenvalue weighted by molar-refractivity contribution is 4.99. The molecule has 0 bridgehead atoms. The minimum atomic E-state index is -0.866. The van der Waals surface area contributed by atoms with Gasteiger partial charge in [-0.05, 0) is 136 Å². The van der Waals surface area contributed by atoms with Gasteiger partial charge in [-0.3, -0.25) is 0 Å². The molecule has 0 aromatic rings. The lowest BCUT2D eigenvalue weighted by molar-refractivity contribution is -0.0758. The lowest BCUT2D eigenvalue weighted by Gasteiger charge is -2.50. The fourth-order valence-corrected chi connectivity index (χ4v) is 11.3. The van der Waals surface area contributed by atoms with E-state index in [1.54, 1.807) is 0 Å². The monoisotopic (exact) mass is 751 g/mol. The highest BCUT2D eigenvalue weighted by atomic mass is 19.1. The summed E-state index contributed by atoms with van der Waals surface area (Å²) in [4.78, 5) is 0. The van der Waals surface area contributed by atoms with Crippen molar-refractivity contribution in [1.29, 1.82) is 0 Å². The maximum atomic E-state index is 16.5. The maximum absolute atomic E-state index is 16.5. The van der Waals surface area contributed by atoms with Gasteiger partial charge in [0.05, 0.1) is 12.2 Å². The lowest BCUT2D eigenvalue weighted by Crippen LogP contribution is -2.48. The zero-order valence-electron chi connectivity index (χ0n) is 34.6. The standard InChI is InChI=1S/C44H80F2O2.4H2O/c1-7-11-15-17-33-23-37(27-39(25-33)47-19-13-9-3)35-21-31(5)43(45)41(29-35)42-30-36(22-32(6)44(42)46)38-24-34(18-16-12-8-2)26-40(28-38)48-20-14-10-4;;;;/h31-44H,7-30H2,1-6H3;4*1H2. The Morgan fingerprint density at radius 2 is 0.769 bits per heavy atom. The molecule has 4 aliphatic rings. The molecule has 0 saturated heterocycles. The predicted molar refractivity (Wildman–Crippen MR) is 214 cm³/mol.